The molecule has 1 aromatic rings. The minimum atomic E-state index is -0.107. The van der Waals surface area contributed by atoms with Crippen molar-refractivity contribution in [3.05, 3.63) is 24.3 Å². The van der Waals surface area contributed by atoms with Gasteiger partial charge >= 0.3 is 0 Å². The Kier molecular flexibility index (Phi) is 44.9. The molecule has 1 aromatic carbocycles. The summed E-state index contributed by atoms with van der Waals surface area (Å²) in [6.07, 6.45) is 19.2. The first-order valence-corrected chi connectivity index (χ1v) is 23.1. The fourth-order valence-corrected chi connectivity index (χ4v) is 5.76. The minimum absolute atomic E-state index is 0.107. The standard InChI is InChI=1S/C46H85NO13/c1-3-4-5-6-7-8-9-10-11-12-13-14-15-16-21-49-22-23-50-24-25-51-26-27-52-28-29-53-30-31-54-32-33-55-34-35-56-36-37-57-38-39-58-40-41-59-42-43-60-46-19-17-45(18-20-46)47-44(2)48/h17-20H,3-16,21-43H2,1-2H3,(H,47,48). The van der Waals surface area contributed by atoms with Crippen LogP contribution in [0, 0.1) is 0 Å². The van der Waals surface area contributed by atoms with Crippen LogP contribution in [-0.2, 0) is 56.9 Å². The van der Waals surface area contributed by atoms with Gasteiger partial charge in [-0.3, -0.25) is 4.79 Å². The molecule has 0 saturated carbocycles. The van der Waals surface area contributed by atoms with E-state index in [-0.39, 0.29) is 5.91 Å². The van der Waals surface area contributed by atoms with Gasteiger partial charge in [-0.05, 0) is 30.7 Å². The molecule has 0 saturated heterocycles. The van der Waals surface area contributed by atoms with E-state index in [1.807, 2.05) is 0 Å². The maximum absolute atomic E-state index is 11.1. The molecule has 0 atom stereocenters. The first-order valence-electron chi connectivity index (χ1n) is 23.1. The number of rotatable bonds is 50. The molecule has 0 spiro atoms. The molecular formula is C46H85NO13. The molecule has 14 nitrogen and oxygen atoms in total. The van der Waals surface area contributed by atoms with Crippen LogP contribution >= 0.6 is 0 Å². The van der Waals surface area contributed by atoms with Gasteiger partial charge in [0.15, 0.2) is 0 Å². The summed E-state index contributed by atoms with van der Waals surface area (Å²) in [6, 6.07) is 7.19. The van der Waals surface area contributed by atoms with Gasteiger partial charge < -0.3 is 62.2 Å². The van der Waals surface area contributed by atoms with Crippen molar-refractivity contribution in [2.75, 3.05) is 157 Å². The highest BCUT2D eigenvalue weighted by atomic mass is 16.6. The van der Waals surface area contributed by atoms with E-state index in [0.717, 1.165) is 24.5 Å². The molecule has 1 N–H and O–H groups in total. The number of hydrogen-bond donors (Lipinski definition) is 1. The number of carbonyl (C=O) groups is 1. The number of unbranched alkanes of at least 4 members (excludes halogenated alkanes) is 13. The van der Waals surface area contributed by atoms with Gasteiger partial charge in [-0.1, -0.05) is 90.4 Å². The summed E-state index contributed by atoms with van der Waals surface area (Å²) in [5.74, 6) is 0.612. The van der Waals surface area contributed by atoms with E-state index in [9.17, 15) is 4.79 Å². The molecule has 352 valence electrons. The number of anilines is 1. The van der Waals surface area contributed by atoms with Gasteiger partial charge in [0, 0.05) is 19.2 Å². The van der Waals surface area contributed by atoms with Crippen LogP contribution in [0.15, 0.2) is 24.3 Å². The lowest BCUT2D eigenvalue weighted by Crippen LogP contribution is -2.15. The number of benzene rings is 1. The Labute approximate surface area is 363 Å². The molecular weight excluding hydrogens is 774 g/mol. The maximum Gasteiger partial charge on any atom is 0.221 e. The van der Waals surface area contributed by atoms with Crippen LogP contribution in [0.25, 0.3) is 0 Å². The van der Waals surface area contributed by atoms with Crippen molar-refractivity contribution in [3.8, 4) is 5.75 Å². The maximum atomic E-state index is 11.1. The summed E-state index contributed by atoms with van der Waals surface area (Å²) in [5, 5.41) is 2.72. The van der Waals surface area contributed by atoms with Gasteiger partial charge in [0.1, 0.15) is 12.4 Å². The molecule has 0 aliphatic carbocycles. The smallest absolute Gasteiger partial charge is 0.221 e. The normalized spacial score (nSPS) is 11.4. The fraction of sp³-hybridized carbons (Fsp3) is 0.848. The number of nitrogens with one attached hydrogen (secondary N) is 1. The van der Waals surface area contributed by atoms with Gasteiger partial charge in [-0.2, -0.15) is 0 Å². The molecule has 0 fully saturated rings. The Balaban J connectivity index is 1.62. The Bertz CT molecular complexity index is 992. The van der Waals surface area contributed by atoms with Crippen LogP contribution in [0.3, 0.4) is 0 Å². The Hall–Kier alpha value is -1.95. The molecule has 0 radical (unpaired) electrons. The molecule has 60 heavy (non-hydrogen) atoms. The molecule has 0 unspecified atom stereocenters. The second-order valence-electron chi connectivity index (χ2n) is 14.4. The predicted octanol–water partition coefficient (Wildman–Crippen LogP) is 7.69. The van der Waals surface area contributed by atoms with Crippen LogP contribution in [0.2, 0.25) is 0 Å². The number of amides is 1. The van der Waals surface area contributed by atoms with Crippen molar-refractivity contribution < 1.29 is 61.6 Å². The quantitative estimate of drug-likeness (QED) is 0.0642. The summed E-state index contributed by atoms with van der Waals surface area (Å²) in [4.78, 5) is 11.1. The van der Waals surface area contributed by atoms with Gasteiger partial charge in [-0.15, -0.1) is 0 Å². The van der Waals surface area contributed by atoms with Crippen molar-refractivity contribution >= 4 is 11.6 Å². The van der Waals surface area contributed by atoms with Crippen LogP contribution in [0.4, 0.5) is 5.69 Å². The fourth-order valence-electron chi connectivity index (χ4n) is 5.76. The van der Waals surface area contributed by atoms with E-state index in [0.29, 0.717) is 145 Å². The number of ether oxygens (including phenoxy) is 12. The van der Waals surface area contributed by atoms with E-state index < -0.39 is 0 Å². The van der Waals surface area contributed by atoms with E-state index in [1.54, 1.807) is 24.3 Å². The van der Waals surface area contributed by atoms with E-state index >= 15 is 0 Å². The topological polar surface area (TPSA) is 140 Å². The largest absolute Gasteiger partial charge is 0.491 e. The number of carbonyl (C=O) groups excluding carboxylic acids is 1. The van der Waals surface area contributed by atoms with Crippen molar-refractivity contribution in [2.24, 2.45) is 0 Å². The highest BCUT2D eigenvalue weighted by molar-refractivity contribution is 5.88. The molecule has 0 heterocycles. The molecule has 0 aromatic heterocycles. The minimum Gasteiger partial charge on any atom is -0.491 e. The van der Waals surface area contributed by atoms with E-state index in [4.69, 9.17) is 56.8 Å². The highest BCUT2D eigenvalue weighted by Gasteiger charge is 2.00. The Morgan fingerprint density at radius 2 is 0.600 bits per heavy atom. The van der Waals surface area contributed by atoms with Gasteiger partial charge in [0.25, 0.3) is 0 Å². The summed E-state index contributed by atoms with van der Waals surface area (Å²) in [5.41, 5.74) is 0.733. The van der Waals surface area contributed by atoms with Gasteiger partial charge in [-0.25, -0.2) is 0 Å². The third-order valence-corrected chi connectivity index (χ3v) is 9.03. The molecule has 0 aliphatic rings. The van der Waals surface area contributed by atoms with Crippen molar-refractivity contribution in [3.63, 3.8) is 0 Å². The molecule has 1 amide bonds. The SMILES string of the molecule is CCCCCCCCCCCCCCCCOCCOCCOCCOCCOCCOCCOCCOCCOCCOCCOCCOc1ccc(NC(C)=O)cc1. The summed E-state index contributed by atoms with van der Waals surface area (Å²) in [6.45, 7) is 15.9. The summed E-state index contributed by atoms with van der Waals surface area (Å²) in [7, 11) is 0. The second kappa shape index (κ2) is 48.1. The molecule has 0 bridgehead atoms. The van der Waals surface area contributed by atoms with Crippen LogP contribution in [0.1, 0.15) is 104 Å². The molecule has 1 rings (SSSR count). The lowest BCUT2D eigenvalue weighted by atomic mass is 10.0. The van der Waals surface area contributed by atoms with E-state index in [2.05, 4.69) is 12.2 Å². The van der Waals surface area contributed by atoms with Crippen molar-refractivity contribution in [2.45, 2.75) is 104 Å². The third-order valence-electron chi connectivity index (χ3n) is 9.03. The van der Waals surface area contributed by atoms with Crippen molar-refractivity contribution in [1.29, 1.82) is 0 Å². The predicted molar refractivity (Wildman–Crippen MR) is 236 cm³/mol. The molecule has 0 aliphatic heterocycles. The third kappa shape index (κ3) is 44.1. The van der Waals surface area contributed by atoms with Gasteiger partial charge in [0.05, 0.1) is 139 Å². The Morgan fingerprint density at radius 1 is 0.350 bits per heavy atom. The average molecular weight is 860 g/mol. The highest BCUT2D eigenvalue weighted by Crippen LogP contribution is 2.16. The van der Waals surface area contributed by atoms with Gasteiger partial charge in [0.2, 0.25) is 5.91 Å². The van der Waals surface area contributed by atoms with Crippen LogP contribution < -0.4 is 10.1 Å². The lowest BCUT2D eigenvalue weighted by molar-refractivity contribution is -0.114. The number of hydrogen-bond acceptors (Lipinski definition) is 13. The summed E-state index contributed by atoms with van der Waals surface area (Å²) >= 11 is 0. The zero-order valence-electron chi connectivity index (χ0n) is 37.8. The second-order valence-corrected chi connectivity index (χ2v) is 14.4. The first-order chi connectivity index (χ1) is 29.7. The van der Waals surface area contributed by atoms with Crippen LogP contribution in [0.5, 0.6) is 5.75 Å². The van der Waals surface area contributed by atoms with Crippen LogP contribution in [-0.4, -0.2) is 158 Å². The van der Waals surface area contributed by atoms with E-state index in [1.165, 1.54) is 90.4 Å². The molecule has 14 heteroatoms. The van der Waals surface area contributed by atoms with Crippen molar-refractivity contribution in [1.82, 2.24) is 0 Å². The lowest BCUT2D eigenvalue weighted by Gasteiger charge is -2.09. The average Bonchev–Trinajstić information content (AvgIpc) is 3.25. The Morgan fingerprint density at radius 3 is 0.883 bits per heavy atom. The summed E-state index contributed by atoms with van der Waals surface area (Å²) < 4.78 is 66.5. The monoisotopic (exact) mass is 860 g/mol. The zero-order chi connectivity index (χ0) is 42.9. The first kappa shape index (κ1) is 56.1. The zero-order valence-corrected chi connectivity index (χ0v) is 37.8.